The molecule has 4 N–H and O–H groups in total. The van der Waals surface area contributed by atoms with Crippen molar-refractivity contribution in [3.05, 3.63) is 47.2 Å². The molecule has 0 bridgehead atoms. The number of rotatable bonds is 10. The lowest BCUT2D eigenvalue weighted by molar-refractivity contribution is 0.268. The fourth-order valence-corrected chi connectivity index (χ4v) is 4.01. The maximum absolute atomic E-state index is 9.56. The van der Waals surface area contributed by atoms with Crippen molar-refractivity contribution >= 4 is 11.5 Å². The monoisotopic (exact) mass is 398 g/mol. The standard InChI is InChI=1S/C23H34N4O2/c1-3-6-19(16-28)25-21-13-20(26-23(24)14-21)12-18-8-7-17(11-22(18)29-2)15-27-9-4-5-10-27/h7-8,11,13-14,19,28H,3-6,9-10,12,15-16H2,1-2H3,(H3,24,25,26)/t19-/m0/s1. The number of aromatic nitrogens is 1. The molecule has 29 heavy (non-hydrogen) atoms. The minimum absolute atomic E-state index is 0.0223. The van der Waals surface area contributed by atoms with Gasteiger partial charge in [-0.2, -0.15) is 0 Å². The third kappa shape index (κ3) is 6.08. The van der Waals surface area contributed by atoms with Crippen molar-refractivity contribution in [3.8, 4) is 5.75 Å². The predicted molar refractivity (Wildman–Crippen MR) is 118 cm³/mol. The second kappa shape index (κ2) is 10.5. The maximum atomic E-state index is 9.56. The summed E-state index contributed by atoms with van der Waals surface area (Å²) in [6, 6.07) is 10.3. The number of aliphatic hydroxyl groups is 1. The third-order valence-corrected chi connectivity index (χ3v) is 5.45. The molecule has 1 aromatic carbocycles. The van der Waals surface area contributed by atoms with Crippen LogP contribution in [0, 0.1) is 0 Å². The average molecular weight is 399 g/mol. The van der Waals surface area contributed by atoms with Crippen LogP contribution in [0.3, 0.4) is 0 Å². The molecule has 1 fully saturated rings. The molecule has 0 saturated carbocycles. The van der Waals surface area contributed by atoms with E-state index in [1.54, 1.807) is 7.11 Å². The van der Waals surface area contributed by atoms with E-state index in [4.69, 9.17) is 10.5 Å². The van der Waals surface area contributed by atoms with Gasteiger partial charge in [-0.05, 0) is 50.0 Å². The van der Waals surface area contributed by atoms with Gasteiger partial charge in [0, 0.05) is 42.0 Å². The number of nitrogens with zero attached hydrogens (tertiary/aromatic N) is 2. The van der Waals surface area contributed by atoms with Gasteiger partial charge in [0.1, 0.15) is 11.6 Å². The van der Waals surface area contributed by atoms with Crippen molar-refractivity contribution in [2.24, 2.45) is 0 Å². The topological polar surface area (TPSA) is 83.6 Å². The highest BCUT2D eigenvalue weighted by molar-refractivity contribution is 5.53. The van der Waals surface area contributed by atoms with Crippen LogP contribution in [-0.2, 0) is 13.0 Å². The first-order chi connectivity index (χ1) is 14.1. The van der Waals surface area contributed by atoms with Crippen LogP contribution in [0.2, 0.25) is 0 Å². The van der Waals surface area contributed by atoms with Gasteiger partial charge in [-0.15, -0.1) is 0 Å². The van der Waals surface area contributed by atoms with Crippen LogP contribution in [-0.4, -0.2) is 47.8 Å². The zero-order chi connectivity index (χ0) is 20.6. The van der Waals surface area contributed by atoms with Crippen LogP contribution < -0.4 is 15.8 Å². The fraction of sp³-hybridized carbons (Fsp3) is 0.522. The Morgan fingerprint density at radius 2 is 2.03 bits per heavy atom. The molecule has 1 saturated heterocycles. The Morgan fingerprint density at radius 1 is 1.24 bits per heavy atom. The molecule has 1 atom stereocenters. The number of nitrogens with one attached hydrogen (secondary N) is 1. The average Bonchev–Trinajstić information content (AvgIpc) is 3.21. The van der Waals surface area contributed by atoms with Gasteiger partial charge in [-0.1, -0.05) is 25.5 Å². The summed E-state index contributed by atoms with van der Waals surface area (Å²) in [6.45, 7) is 5.54. The van der Waals surface area contributed by atoms with Crippen LogP contribution >= 0.6 is 0 Å². The molecule has 0 amide bonds. The molecule has 0 spiro atoms. The first-order valence-electron chi connectivity index (χ1n) is 10.6. The summed E-state index contributed by atoms with van der Waals surface area (Å²) in [5, 5.41) is 12.9. The Bertz CT molecular complexity index is 790. The zero-order valence-corrected chi connectivity index (χ0v) is 17.7. The van der Waals surface area contributed by atoms with E-state index in [9.17, 15) is 5.11 Å². The lowest BCUT2D eigenvalue weighted by atomic mass is 10.0. The number of hydrogen-bond acceptors (Lipinski definition) is 6. The second-order valence-electron chi connectivity index (χ2n) is 7.89. The summed E-state index contributed by atoms with van der Waals surface area (Å²) < 4.78 is 5.67. The number of nitrogens with two attached hydrogens (primary N) is 1. The van der Waals surface area contributed by atoms with Gasteiger partial charge >= 0.3 is 0 Å². The molecule has 1 aliphatic rings. The summed E-state index contributed by atoms with van der Waals surface area (Å²) >= 11 is 0. The van der Waals surface area contributed by atoms with E-state index in [0.717, 1.165) is 42.1 Å². The number of pyridine rings is 1. The number of hydrogen-bond donors (Lipinski definition) is 3. The molecule has 3 rings (SSSR count). The van der Waals surface area contributed by atoms with Gasteiger partial charge in [0.2, 0.25) is 0 Å². The molecule has 2 heterocycles. The Labute approximate surface area is 174 Å². The molecule has 1 aliphatic heterocycles. The number of anilines is 2. The van der Waals surface area contributed by atoms with Crippen molar-refractivity contribution in [1.82, 2.24) is 9.88 Å². The normalized spacial score (nSPS) is 15.4. The van der Waals surface area contributed by atoms with Crippen molar-refractivity contribution in [2.45, 2.75) is 51.6 Å². The van der Waals surface area contributed by atoms with Gasteiger partial charge in [0.15, 0.2) is 0 Å². The Morgan fingerprint density at radius 3 is 2.72 bits per heavy atom. The number of likely N-dealkylation sites (tertiary alicyclic amines) is 1. The van der Waals surface area contributed by atoms with E-state index in [1.807, 2.05) is 12.1 Å². The minimum Gasteiger partial charge on any atom is -0.496 e. The number of benzene rings is 1. The van der Waals surface area contributed by atoms with Gasteiger partial charge in [-0.3, -0.25) is 4.90 Å². The lowest BCUT2D eigenvalue weighted by Crippen LogP contribution is -2.23. The van der Waals surface area contributed by atoms with Crippen molar-refractivity contribution < 1.29 is 9.84 Å². The maximum Gasteiger partial charge on any atom is 0.125 e. The Kier molecular flexibility index (Phi) is 7.72. The van der Waals surface area contributed by atoms with Crippen LogP contribution in [0.25, 0.3) is 0 Å². The molecule has 158 valence electrons. The fourth-order valence-electron chi connectivity index (χ4n) is 4.01. The van der Waals surface area contributed by atoms with Gasteiger partial charge in [-0.25, -0.2) is 4.98 Å². The number of nitrogen functional groups attached to an aromatic ring is 1. The molecule has 2 aromatic rings. The third-order valence-electron chi connectivity index (χ3n) is 5.45. The number of methoxy groups -OCH3 is 1. The first kappa shape index (κ1) is 21.4. The van der Waals surface area contributed by atoms with E-state index >= 15 is 0 Å². The van der Waals surface area contributed by atoms with Crippen molar-refractivity contribution in [3.63, 3.8) is 0 Å². The molecule has 0 unspecified atom stereocenters. The number of ether oxygens (including phenoxy) is 1. The molecule has 0 aliphatic carbocycles. The first-order valence-corrected chi connectivity index (χ1v) is 10.6. The second-order valence-corrected chi connectivity index (χ2v) is 7.89. The smallest absolute Gasteiger partial charge is 0.125 e. The van der Waals surface area contributed by atoms with Gasteiger partial charge < -0.3 is 20.9 Å². The lowest BCUT2D eigenvalue weighted by Gasteiger charge is -2.18. The Hall–Kier alpha value is -2.31. The summed E-state index contributed by atoms with van der Waals surface area (Å²) in [7, 11) is 1.72. The zero-order valence-electron chi connectivity index (χ0n) is 17.7. The molecule has 0 radical (unpaired) electrons. The van der Waals surface area contributed by atoms with Crippen LogP contribution in [0.1, 0.15) is 49.4 Å². The summed E-state index contributed by atoms with van der Waals surface area (Å²) in [5.74, 6) is 1.36. The molecular formula is C23H34N4O2. The summed E-state index contributed by atoms with van der Waals surface area (Å²) in [5.41, 5.74) is 10.2. The van der Waals surface area contributed by atoms with E-state index in [-0.39, 0.29) is 12.6 Å². The van der Waals surface area contributed by atoms with Crippen LogP contribution in [0.15, 0.2) is 30.3 Å². The molecule has 6 nitrogen and oxygen atoms in total. The summed E-state index contributed by atoms with van der Waals surface area (Å²) in [4.78, 5) is 6.99. The van der Waals surface area contributed by atoms with E-state index < -0.39 is 0 Å². The molecular weight excluding hydrogens is 364 g/mol. The predicted octanol–water partition coefficient (Wildman–Crippen LogP) is 3.43. The molecule has 1 aromatic heterocycles. The van der Waals surface area contributed by atoms with E-state index in [2.05, 4.69) is 40.3 Å². The highest BCUT2D eigenvalue weighted by Crippen LogP contribution is 2.26. The Balaban J connectivity index is 1.74. The highest BCUT2D eigenvalue weighted by atomic mass is 16.5. The van der Waals surface area contributed by atoms with E-state index in [1.165, 1.54) is 31.5 Å². The van der Waals surface area contributed by atoms with Crippen LogP contribution in [0.4, 0.5) is 11.5 Å². The van der Waals surface area contributed by atoms with Crippen LogP contribution in [0.5, 0.6) is 5.75 Å². The largest absolute Gasteiger partial charge is 0.496 e. The van der Waals surface area contributed by atoms with E-state index in [0.29, 0.717) is 12.2 Å². The van der Waals surface area contributed by atoms with Gasteiger partial charge in [0.05, 0.1) is 13.7 Å². The number of aliphatic hydroxyl groups excluding tert-OH is 1. The summed E-state index contributed by atoms with van der Waals surface area (Å²) in [6.07, 6.45) is 5.14. The minimum atomic E-state index is 0.0223. The quantitative estimate of drug-likeness (QED) is 0.569. The SMILES string of the molecule is CCC[C@@H](CO)Nc1cc(N)nc(Cc2ccc(CN3CCCC3)cc2OC)c1. The van der Waals surface area contributed by atoms with Gasteiger partial charge in [0.25, 0.3) is 0 Å². The van der Waals surface area contributed by atoms with Crippen molar-refractivity contribution in [2.75, 3.05) is 37.9 Å². The molecule has 6 heteroatoms. The highest BCUT2D eigenvalue weighted by Gasteiger charge is 2.14. The van der Waals surface area contributed by atoms with Crippen molar-refractivity contribution in [1.29, 1.82) is 0 Å².